The predicted octanol–water partition coefficient (Wildman–Crippen LogP) is 6.10. The van der Waals surface area contributed by atoms with E-state index in [-0.39, 0.29) is 6.04 Å². The molecule has 1 unspecified atom stereocenters. The van der Waals surface area contributed by atoms with Gasteiger partial charge in [0.25, 0.3) is 0 Å². The lowest BCUT2D eigenvalue weighted by Gasteiger charge is -2.15. The first kappa shape index (κ1) is 13.4. The smallest absolute Gasteiger partial charge is 0.0932 e. The van der Waals surface area contributed by atoms with Gasteiger partial charge in [-0.05, 0) is 53.2 Å². The molecule has 90 valence electrons. The highest BCUT2D eigenvalue weighted by molar-refractivity contribution is 9.11. The molecule has 1 aromatic heterocycles. The largest absolute Gasteiger partial charge is 0.377 e. The molecule has 0 saturated heterocycles. The van der Waals surface area contributed by atoms with E-state index in [1.165, 1.54) is 4.88 Å². The number of rotatable bonds is 3. The topological polar surface area (TPSA) is 12.0 Å². The van der Waals surface area contributed by atoms with Crippen LogP contribution in [0.15, 0.2) is 39.3 Å². The molecule has 17 heavy (non-hydrogen) atoms. The van der Waals surface area contributed by atoms with Crippen molar-refractivity contribution >= 4 is 60.5 Å². The van der Waals surface area contributed by atoms with Gasteiger partial charge >= 0.3 is 0 Å². The van der Waals surface area contributed by atoms with Crippen LogP contribution in [0.25, 0.3) is 0 Å². The molecule has 1 nitrogen and oxygen atoms in total. The summed E-state index contributed by atoms with van der Waals surface area (Å²) >= 11 is 14.5. The van der Waals surface area contributed by atoms with Crippen LogP contribution in [0.3, 0.4) is 0 Å². The van der Waals surface area contributed by atoms with Crippen molar-refractivity contribution in [1.82, 2.24) is 0 Å². The van der Waals surface area contributed by atoms with Crippen LogP contribution in [0, 0.1) is 0 Å². The van der Waals surface area contributed by atoms with Crippen molar-refractivity contribution in [3.63, 3.8) is 0 Å². The minimum atomic E-state index is 0.234. The van der Waals surface area contributed by atoms with E-state index < -0.39 is 0 Å². The Bertz CT molecular complexity index is 527. The number of nitrogens with one attached hydrogen (secondary N) is 1. The molecule has 0 radical (unpaired) electrons. The highest BCUT2D eigenvalue weighted by Crippen LogP contribution is 2.32. The summed E-state index contributed by atoms with van der Waals surface area (Å²) in [5.41, 5.74) is 1.07. The van der Waals surface area contributed by atoms with Crippen molar-refractivity contribution < 1.29 is 0 Å². The molecule has 1 aromatic carbocycles. The quantitative estimate of drug-likeness (QED) is 0.662. The summed E-state index contributed by atoms with van der Waals surface area (Å²) in [4.78, 5) is 1.22. The lowest BCUT2D eigenvalue weighted by Crippen LogP contribution is -2.05. The minimum absolute atomic E-state index is 0.234. The van der Waals surface area contributed by atoms with Gasteiger partial charge in [0, 0.05) is 13.8 Å². The summed E-state index contributed by atoms with van der Waals surface area (Å²) in [6, 6.07) is 10.3. The highest BCUT2D eigenvalue weighted by Gasteiger charge is 2.10. The fourth-order valence-corrected chi connectivity index (χ4v) is 3.26. The first-order valence-corrected chi connectivity index (χ1v) is 7.81. The van der Waals surface area contributed by atoms with Crippen molar-refractivity contribution in [2.45, 2.75) is 13.0 Å². The van der Waals surface area contributed by atoms with E-state index in [1.54, 1.807) is 11.3 Å². The molecule has 0 fully saturated rings. The van der Waals surface area contributed by atoms with E-state index >= 15 is 0 Å². The van der Waals surface area contributed by atoms with Gasteiger partial charge in [0.1, 0.15) is 0 Å². The van der Waals surface area contributed by atoms with Crippen molar-refractivity contribution in [3.8, 4) is 0 Å². The molecule has 2 aromatic rings. The maximum absolute atomic E-state index is 5.94. The van der Waals surface area contributed by atoms with Crippen LogP contribution in [0.5, 0.6) is 0 Å². The Kier molecular flexibility index (Phi) is 4.53. The summed E-state index contributed by atoms with van der Waals surface area (Å²) in [5, 5.41) is 3.46. The molecule has 0 saturated carbocycles. The molecular formula is C12H10Br2ClNS. The van der Waals surface area contributed by atoms with Gasteiger partial charge in [0.15, 0.2) is 0 Å². The van der Waals surface area contributed by atoms with E-state index in [0.717, 1.165) is 19.0 Å². The number of halogens is 3. The van der Waals surface area contributed by atoms with Crippen LogP contribution in [0.4, 0.5) is 5.69 Å². The van der Waals surface area contributed by atoms with E-state index in [4.69, 9.17) is 11.6 Å². The molecule has 0 aliphatic rings. The average Bonchev–Trinajstić information content (AvgIpc) is 2.70. The highest BCUT2D eigenvalue weighted by atomic mass is 79.9. The zero-order valence-electron chi connectivity index (χ0n) is 9.01. The van der Waals surface area contributed by atoms with Crippen LogP contribution >= 0.6 is 54.8 Å². The molecule has 0 aliphatic carbocycles. The summed E-state index contributed by atoms with van der Waals surface area (Å²) in [6.07, 6.45) is 0. The zero-order valence-corrected chi connectivity index (χ0v) is 13.8. The molecule has 1 atom stereocenters. The van der Waals surface area contributed by atoms with Gasteiger partial charge in [-0.3, -0.25) is 0 Å². The van der Waals surface area contributed by atoms with Gasteiger partial charge in [-0.25, -0.2) is 0 Å². The fraction of sp³-hybridized carbons (Fsp3) is 0.167. The summed E-state index contributed by atoms with van der Waals surface area (Å²) in [7, 11) is 0. The average molecular weight is 396 g/mol. The Morgan fingerprint density at radius 2 is 2.00 bits per heavy atom. The Balaban J connectivity index is 2.18. The Morgan fingerprint density at radius 3 is 2.65 bits per heavy atom. The van der Waals surface area contributed by atoms with E-state index in [0.29, 0.717) is 0 Å². The van der Waals surface area contributed by atoms with Gasteiger partial charge in [-0.2, -0.15) is 0 Å². The lowest BCUT2D eigenvalue weighted by molar-refractivity contribution is 0.906. The molecule has 0 spiro atoms. The van der Waals surface area contributed by atoms with E-state index in [2.05, 4.69) is 56.2 Å². The Hall–Kier alpha value is -0.0300. The van der Waals surface area contributed by atoms with Crippen molar-refractivity contribution in [3.05, 3.63) is 48.5 Å². The van der Waals surface area contributed by atoms with E-state index in [1.807, 2.05) is 18.2 Å². The van der Waals surface area contributed by atoms with Crippen LogP contribution in [-0.4, -0.2) is 0 Å². The monoisotopic (exact) mass is 393 g/mol. The molecule has 0 bridgehead atoms. The normalized spacial score (nSPS) is 12.5. The third kappa shape index (κ3) is 3.47. The number of hydrogen-bond acceptors (Lipinski definition) is 2. The van der Waals surface area contributed by atoms with Crippen LogP contribution in [0.2, 0.25) is 4.34 Å². The predicted molar refractivity (Wildman–Crippen MR) is 83.2 cm³/mol. The maximum atomic E-state index is 5.94. The maximum Gasteiger partial charge on any atom is 0.0932 e. The van der Waals surface area contributed by atoms with E-state index in [9.17, 15) is 0 Å². The van der Waals surface area contributed by atoms with Gasteiger partial charge in [0.05, 0.1) is 16.1 Å². The standard InChI is InChI=1S/C12H10Br2ClNS/c1-7(11-4-5-12(15)17-11)16-10-6-8(13)2-3-9(10)14/h2-7,16H,1H3. The third-order valence-electron chi connectivity index (χ3n) is 2.32. The molecule has 1 heterocycles. The first-order chi connectivity index (χ1) is 8.06. The minimum Gasteiger partial charge on any atom is -0.377 e. The first-order valence-electron chi connectivity index (χ1n) is 5.03. The van der Waals surface area contributed by atoms with Crippen LogP contribution < -0.4 is 5.32 Å². The second kappa shape index (κ2) is 5.74. The van der Waals surface area contributed by atoms with Gasteiger partial charge in [0.2, 0.25) is 0 Å². The van der Waals surface area contributed by atoms with Crippen molar-refractivity contribution in [2.75, 3.05) is 5.32 Å². The van der Waals surface area contributed by atoms with Crippen molar-refractivity contribution in [1.29, 1.82) is 0 Å². The molecule has 2 rings (SSSR count). The number of anilines is 1. The van der Waals surface area contributed by atoms with Crippen molar-refractivity contribution in [2.24, 2.45) is 0 Å². The number of benzene rings is 1. The summed E-state index contributed by atoms with van der Waals surface area (Å²) in [6.45, 7) is 2.12. The zero-order chi connectivity index (χ0) is 12.4. The molecule has 5 heteroatoms. The second-order valence-corrected chi connectivity index (χ2v) is 7.15. The number of thiophene rings is 1. The Morgan fingerprint density at radius 1 is 1.24 bits per heavy atom. The second-order valence-electron chi connectivity index (χ2n) is 3.63. The van der Waals surface area contributed by atoms with Gasteiger partial charge in [-0.15, -0.1) is 11.3 Å². The molecule has 1 N–H and O–H groups in total. The van der Waals surface area contributed by atoms with Gasteiger partial charge in [-0.1, -0.05) is 27.5 Å². The third-order valence-corrected chi connectivity index (χ3v) is 4.92. The van der Waals surface area contributed by atoms with Crippen LogP contribution in [-0.2, 0) is 0 Å². The Labute approximate surface area is 126 Å². The molecular weight excluding hydrogens is 385 g/mol. The molecule has 0 amide bonds. The van der Waals surface area contributed by atoms with Crippen LogP contribution in [0.1, 0.15) is 17.8 Å². The summed E-state index contributed by atoms with van der Waals surface area (Å²) < 4.78 is 2.93. The molecule has 0 aliphatic heterocycles. The number of hydrogen-bond donors (Lipinski definition) is 1. The summed E-state index contributed by atoms with van der Waals surface area (Å²) in [5.74, 6) is 0. The van der Waals surface area contributed by atoms with Gasteiger partial charge < -0.3 is 5.32 Å². The lowest BCUT2D eigenvalue weighted by atomic mass is 10.2. The SMILES string of the molecule is CC(Nc1cc(Br)ccc1Br)c1ccc(Cl)s1. The fourth-order valence-electron chi connectivity index (χ4n) is 1.47.